The first-order valence-electron chi connectivity index (χ1n) is 31.3. The molecule has 0 aliphatic rings. The van der Waals surface area contributed by atoms with Crippen LogP contribution in [0.2, 0.25) is 0 Å². The first-order chi connectivity index (χ1) is 40.5. The van der Waals surface area contributed by atoms with Gasteiger partial charge in [-0.1, -0.05) is 198 Å². The number of hydrogen-bond donors (Lipinski definition) is 4. The number of nitrogens with zero attached hydrogens (tertiary/aromatic N) is 2. The topological polar surface area (TPSA) is 189 Å². The monoisotopic (exact) mass is 1130 g/mol. The number of nitrogens with one attached hydrogen (secondary N) is 2. The molecule has 4 aromatic carbocycles. The van der Waals surface area contributed by atoms with E-state index in [0.29, 0.717) is 46.8 Å². The Morgan fingerprint density at radius 1 is 0.398 bits per heavy atom. The predicted molar refractivity (Wildman–Crippen MR) is 341 cm³/mol. The normalized spacial score (nSPS) is 11.7. The van der Waals surface area contributed by atoms with E-state index in [1.54, 1.807) is 73.3 Å². The minimum absolute atomic E-state index is 0.229. The lowest BCUT2D eigenvalue weighted by atomic mass is 9.92. The van der Waals surface area contributed by atoms with Gasteiger partial charge >= 0.3 is 11.9 Å². The van der Waals surface area contributed by atoms with Crippen LogP contribution in [0.1, 0.15) is 253 Å². The summed E-state index contributed by atoms with van der Waals surface area (Å²) in [5.41, 5.74) is 20.9. The van der Waals surface area contributed by atoms with Crippen molar-refractivity contribution < 1.29 is 28.7 Å². The smallest absolute Gasteiger partial charge is 0.338 e. The number of unbranched alkanes of at least 4 members (excludes halogenated alkanes) is 23. The van der Waals surface area contributed by atoms with Gasteiger partial charge in [-0.15, -0.1) is 0 Å². The molecular weight excluding hydrogens is 1030 g/mol. The highest BCUT2D eigenvalue weighted by Gasteiger charge is 2.18. The number of amides is 2. The number of aromatic nitrogens is 2. The average molecular weight is 1130 g/mol. The minimum Gasteiger partial charge on any atom is -0.462 e. The van der Waals surface area contributed by atoms with Gasteiger partial charge in [0.1, 0.15) is 0 Å². The van der Waals surface area contributed by atoms with Gasteiger partial charge in [-0.2, -0.15) is 0 Å². The highest BCUT2D eigenvalue weighted by molar-refractivity contribution is 6.06. The van der Waals surface area contributed by atoms with Crippen molar-refractivity contribution in [3.8, 4) is 22.3 Å². The zero-order valence-electron chi connectivity index (χ0n) is 50.4. The molecule has 6 N–H and O–H groups in total. The number of hydrogen-bond acceptors (Lipinski definition) is 10. The summed E-state index contributed by atoms with van der Waals surface area (Å²) in [6.45, 7) is 9.18. The number of ether oxygens (including phenoxy) is 2. The van der Waals surface area contributed by atoms with Crippen LogP contribution >= 0.6 is 0 Å². The highest BCUT2D eigenvalue weighted by atomic mass is 16.5. The zero-order chi connectivity index (χ0) is 59.3. The molecule has 6 rings (SSSR count). The fourth-order valence-electron chi connectivity index (χ4n) is 10.2. The second kappa shape index (κ2) is 39.5. The van der Waals surface area contributed by atoms with Gasteiger partial charge < -0.3 is 31.6 Å². The first kappa shape index (κ1) is 66.8. The van der Waals surface area contributed by atoms with E-state index >= 15 is 0 Å². The molecule has 6 aromatic rings. The van der Waals surface area contributed by atoms with Crippen molar-refractivity contribution in [3.63, 3.8) is 0 Å². The summed E-state index contributed by atoms with van der Waals surface area (Å²) in [7, 11) is 0. The van der Waals surface area contributed by atoms with E-state index in [-0.39, 0.29) is 35.8 Å². The number of carbonyl (C=O) groups excluding carboxylic acids is 4. The number of nitrogens with two attached hydrogens (primary N) is 2. The molecule has 2 aromatic heterocycles. The number of esters is 2. The molecule has 0 spiro atoms. The van der Waals surface area contributed by atoms with Crippen LogP contribution in [0, 0.1) is 0 Å². The SMILES string of the molecule is CCCCCCCCCCCCCCCCOC(=O)c1cccc(-c2cc(C(=O)Nc3ccncc3)ccc2C(C)N)c1.CCCCCCCCCCCCCOC(=O)c1cccc(-c2cc(C(=O)Nc3ccncc3)ccc2C(C)N)c1. The van der Waals surface area contributed by atoms with Gasteiger partial charge in [0.15, 0.2) is 0 Å². The predicted octanol–water partition coefficient (Wildman–Crippen LogP) is 18.1. The van der Waals surface area contributed by atoms with Crippen LogP contribution in [-0.2, 0) is 9.47 Å². The Morgan fingerprint density at radius 3 is 1.02 bits per heavy atom. The van der Waals surface area contributed by atoms with E-state index < -0.39 is 0 Å². The first-order valence-corrected chi connectivity index (χ1v) is 31.3. The largest absolute Gasteiger partial charge is 0.462 e. The third kappa shape index (κ3) is 25.2. The van der Waals surface area contributed by atoms with Crippen LogP contribution in [0.3, 0.4) is 0 Å². The van der Waals surface area contributed by atoms with E-state index in [4.69, 9.17) is 20.9 Å². The molecule has 446 valence electrons. The van der Waals surface area contributed by atoms with Crippen LogP contribution in [-0.4, -0.2) is 46.9 Å². The summed E-state index contributed by atoms with van der Waals surface area (Å²) in [6, 6.07) is 32.1. The third-order valence-electron chi connectivity index (χ3n) is 15.0. The number of anilines is 2. The maximum absolute atomic E-state index is 12.9. The lowest BCUT2D eigenvalue weighted by Gasteiger charge is -2.16. The fraction of sp³-hybridized carbons (Fsp3) is 0.465. The Labute approximate surface area is 496 Å². The lowest BCUT2D eigenvalue weighted by Crippen LogP contribution is -2.14. The van der Waals surface area contributed by atoms with Gasteiger partial charge in [0.25, 0.3) is 11.8 Å². The Morgan fingerprint density at radius 2 is 0.711 bits per heavy atom. The summed E-state index contributed by atoms with van der Waals surface area (Å²) in [5.74, 6) is -1.12. The number of carbonyl (C=O) groups is 4. The molecular formula is C71H96N6O6. The van der Waals surface area contributed by atoms with Gasteiger partial charge in [-0.25, -0.2) is 9.59 Å². The number of pyridine rings is 2. The lowest BCUT2D eigenvalue weighted by molar-refractivity contribution is 0.0488. The van der Waals surface area contributed by atoms with Gasteiger partial charge in [-0.3, -0.25) is 19.6 Å². The summed E-state index contributed by atoms with van der Waals surface area (Å²) in [5, 5.41) is 5.78. The van der Waals surface area contributed by atoms with Crippen LogP contribution in [0.5, 0.6) is 0 Å². The molecule has 0 saturated heterocycles. The Hall–Kier alpha value is -7.02. The number of benzene rings is 4. The maximum Gasteiger partial charge on any atom is 0.338 e. The van der Waals surface area contributed by atoms with Crippen LogP contribution in [0.4, 0.5) is 11.4 Å². The van der Waals surface area contributed by atoms with Gasteiger partial charge in [0, 0.05) is 59.4 Å². The van der Waals surface area contributed by atoms with Crippen LogP contribution in [0.15, 0.2) is 134 Å². The van der Waals surface area contributed by atoms with E-state index in [9.17, 15) is 19.2 Å². The molecule has 2 unspecified atom stereocenters. The Balaban J connectivity index is 0.000000305. The van der Waals surface area contributed by atoms with Gasteiger partial charge in [-0.05, 0) is 133 Å². The van der Waals surface area contributed by atoms with E-state index in [1.165, 1.54) is 135 Å². The Kier molecular flexibility index (Phi) is 31.7. The van der Waals surface area contributed by atoms with Gasteiger partial charge in [0.2, 0.25) is 0 Å². The van der Waals surface area contributed by atoms with Gasteiger partial charge in [0.05, 0.1) is 24.3 Å². The summed E-state index contributed by atoms with van der Waals surface area (Å²) in [4.78, 5) is 59.4. The average Bonchev–Trinajstić information content (AvgIpc) is 3.71. The van der Waals surface area contributed by atoms with Crippen molar-refractivity contribution in [1.82, 2.24) is 9.97 Å². The molecule has 2 amide bonds. The second-order valence-electron chi connectivity index (χ2n) is 22.1. The molecule has 2 atom stereocenters. The van der Waals surface area contributed by atoms with Crippen LogP contribution < -0.4 is 22.1 Å². The molecule has 12 heteroatoms. The highest BCUT2D eigenvalue weighted by Crippen LogP contribution is 2.32. The van der Waals surface area contributed by atoms with E-state index in [1.807, 2.05) is 74.5 Å². The summed E-state index contributed by atoms with van der Waals surface area (Å²) >= 11 is 0. The molecule has 0 aliphatic carbocycles. The quantitative estimate of drug-likeness (QED) is 0.0216. The van der Waals surface area contributed by atoms with Crippen LogP contribution in [0.25, 0.3) is 22.3 Å². The molecule has 0 radical (unpaired) electrons. The molecule has 2 heterocycles. The second-order valence-corrected chi connectivity index (χ2v) is 22.1. The third-order valence-corrected chi connectivity index (χ3v) is 15.0. The molecule has 0 fully saturated rings. The molecule has 83 heavy (non-hydrogen) atoms. The minimum atomic E-state index is -0.331. The van der Waals surface area contributed by atoms with E-state index in [2.05, 4.69) is 34.4 Å². The molecule has 0 bridgehead atoms. The van der Waals surface area contributed by atoms with Crippen molar-refractivity contribution in [2.75, 3.05) is 23.8 Å². The standard InChI is InChI=1S/C37H51N3O3.C34H45N3O3/c1-3-4-5-6-7-8-9-10-11-12-13-14-15-16-26-43-37(42)32-19-17-18-30(27-32)35-28-31(20-21-34(35)29(2)38)36(41)40-33-22-24-39-25-23-33;1-3-4-5-6-7-8-9-10-11-12-13-23-40-34(39)29-16-14-15-27(24-29)32-25-28(17-18-31(32)26(2)35)33(38)37-30-19-21-36-22-20-30/h17-25,27-29H,3-16,26,38H2,1-2H3,(H,39,40,41);14-22,24-26H,3-13,23,35H2,1-2H3,(H,36,37,38). The van der Waals surface area contributed by atoms with Crippen molar-refractivity contribution in [2.45, 2.75) is 200 Å². The van der Waals surface area contributed by atoms with Crippen molar-refractivity contribution in [2.24, 2.45) is 11.5 Å². The van der Waals surface area contributed by atoms with Crippen molar-refractivity contribution >= 4 is 35.1 Å². The fourth-order valence-corrected chi connectivity index (χ4v) is 10.2. The molecule has 0 aliphatic heterocycles. The van der Waals surface area contributed by atoms with E-state index in [0.717, 1.165) is 59.1 Å². The Bertz CT molecular complexity index is 2820. The van der Waals surface area contributed by atoms with Crippen molar-refractivity contribution in [1.29, 1.82) is 0 Å². The zero-order valence-corrected chi connectivity index (χ0v) is 50.4. The molecule has 12 nitrogen and oxygen atoms in total. The number of rotatable bonds is 37. The maximum atomic E-state index is 12.9. The summed E-state index contributed by atoms with van der Waals surface area (Å²) in [6.07, 6.45) is 38.4. The van der Waals surface area contributed by atoms with Crippen molar-refractivity contribution in [3.05, 3.63) is 167 Å². The summed E-state index contributed by atoms with van der Waals surface area (Å²) < 4.78 is 11.2. The molecule has 0 saturated carbocycles.